The smallest absolute Gasteiger partial charge is 0.246 e. The van der Waals surface area contributed by atoms with E-state index < -0.39 is 0 Å². The van der Waals surface area contributed by atoms with Crippen molar-refractivity contribution in [2.45, 2.75) is 33.1 Å². The molecule has 0 aliphatic carbocycles. The molecule has 1 rings (SSSR count). The Kier molecular flexibility index (Phi) is 7.17. The van der Waals surface area contributed by atoms with E-state index >= 15 is 0 Å². The normalized spacial score (nSPS) is 11.2. The third-order valence-electron chi connectivity index (χ3n) is 2.85. The zero-order valence-electron chi connectivity index (χ0n) is 12.3. The largest absolute Gasteiger partial charge is 0.370 e. The Labute approximate surface area is 120 Å². The van der Waals surface area contributed by atoms with Gasteiger partial charge in [-0.15, -0.1) is 0 Å². The SMILES string of the molecule is CCCCNC(N)=NCC(=O)Nc1cccc(CC)c1. The number of aliphatic imine (C=N–C) groups is 1. The number of aryl methyl sites for hydroxylation is 1. The average Bonchev–Trinajstić information content (AvgIpc) is 2.45. The molecule has 0 heterocycles. The number of carbonyl (C=O) groups excluding carboxylic acids is 1. The summed E-state index contributed by atoms with van der Waals surface area (Å²) in [6, 6.07) is 7.79. The first-order valence-electron chi connectivity index (χ1n) is 7.08. The molecule has 0 aromatic heterocycles. The highest BCUT2D eigenvalue weighted by atomic mass is 16.1. The number of benzene rings is 1. The van der Waals surface area contributed by atoms with Crippen LogP contribution in [-0.2, 0) is 11.2 Å². The molecule has 4 N–H and O–H groups in total. The van der Waals surface area contributed by atoms with Crippen LogP contribution in [0.5, 0.6) is 0 Å². The Balaban J connectivity index is 2.41. The molecule has 0 radical (unpaired) electrons. The number of rotatable bonds is 7. The van der Waals surface area contributed by atoms with Gasteiger partial charge < -0.3 is 16.4 Å². The van der Waals surface area contributed by atoms with Crippen LogP contribution in [0.4, 0.5) is 5.69 Å². The van der Waals surface area contributed by atoms with Crippen molar-refractivity contribution in [2.24, 2.45) is 10.7 Å². The van der Waals surface area contributed by atoms with Gasteiger partial charge >= 0.3 is 0 Å². The molecule has 0 atom stereocenters. The predicted molar refractivity (Wildman–Crippen MR) is 83.8 cm³/mol. The average molecular weight is 276 g/mol. The fourth-order valence-corrected chi connectivity index (χ4v) is 1.68. The van der Waals surface area contributed by atoms with Crippen molar-refractivity contribution in [3.63, 3.8) is 0 Å². The number of anilines is 1. The fraction of sp³-hybridized carbons (Fsp3) is 0.467. The van der Waals surface area contributed by atoms with Crippen LogP contribution in [0.1, 0.15) is 32.3 Å². The van der Waals surface area contributed by atoms with Gasteiger partial charge in [0.2, 0.25) is 5.91 Å². The molecular weight excluding hydrogens is 252 g/mol. The highest BCUT2D eigenvalue weighted by molar-refractivity contribution is 5.93. The van der Waals surface area contributed by atoms with E-state index in [0.29, 0.717) is 5.96 Å². The summed E-state index contributed by atoms with van der Waals surface area (Å²) in [6.45, 7) is 4.99. The van der Waals surface area contributed by atoms with Crippen LogP contribution < -0.4 is 16.4 Å². The summed E-state index contributed by atoms with van der Waals surface area (Å²) in [5, 5.41) is 5.78. The van der Waals surface area contributed by atoms with Crippen LogP contribution in [0.3, 0.4) is 0 Å². The molecule has 5 nitrogen and oxygen atoms in total. The molecule has 1 amide bonds. The third kappa shape index (κ3) is 6.22. The molecule has 0 unspecified atom stereocenters. The van der Waals surface area contributed by atoms with E-state index in [9.17, 15) is 4.79 Å². The lowest BCUT2D eigenvalue weighted by Crippen LogP contribution is -2.33. The second-order valence-electron chi connectivity index (χ2n) is 4.58. The molecule has 20 heavy (non-hydrogen) atoms. The lowest BCUT2D eigenvalue weighted by Gasteiger charge is -2.06. The van der Waals surface area contributed by atoms with Crippen LogP contribution in [0.25, 0.3) is 0 Å². The zero-order chi connectivity index (χ0) is 14.8. The lowest BCUT2D eigenvalue weighted by molar-refractivity contribution is -0.114. The first-order chi connectivity index (χ1) is 9.65. The first kappa shape index (κ1) is 16.0. The maximum Gasteiger partial charge on any atom is 0.246 e. The number of hydrogen-bond acceptors (Lipinski definition) is 2. The van der Waals surface area contributed by atoms with Gasteiger partial charge in [-0.05, 0) is 30.5 Å². The summed E-state index contributed by atoms with van der Waals surface area (Å²) in [4.78, 5) is 15.8. The quantitative estimate of drug-likeness (QED) is 0.404. The molecule has 0 saturated heterocycles. The van der Waals surface area contributed by atoms with Gasteiger partial charge in [0.05, 0.1) is 0 Å². The molecule has 1 aromatic rings. The lowest BCUT2D eigenvalue weighted by atomic mass is 10.1. The van der Waals surface area contributed by atoms with Gasteiger partial charge in [-0.2, -0.15) is 0 Å². The maximum atomic E-state index is 11.7. The number of hydrogen-bond donors (Lipinski definition) is 3. The molecule has 0 spiro atoms. The van der Waals surface area contributed by atoms with Crippen molar-refractivity contribution >= 4 is 17.6 Å². The predicted octanol–water partition coefficient (Wildman–Crippen LogP) is 1.89. The summed E-state index contributed by atoms with van der Waals surface area (Å²) in [6.07, 6.45) is 3.07. The Hall–Kier alpha value is -2.04. The highest BCUT2D eigenvalue weighted by Gasteiger charge is 2.02. The summed E-state index contributed by atoms with van der Waals surface area (Å²) < 4.78 is 0. The third-order valence-corrected chi connectivity index (χ3v) is 2.85. The Morgan fingerprint density at radius 2 is 2.15 bits per heavy atom. The van der Waals surface area contributed by atoms with E-state index in [4.69, 9.17) is 5.73 Å². The van der Waals surface area contributed by atoms with Gasteiger partial charge in [0, 0.05) is 12.2 Å². The molecule has 5 heteroatoms. The van der Waals surface area contributed by atoms with E-state index in [2.05, 4.69) is 29.5 Å². The standard InChI is InChI=1S/C15H24N4O/c1-3-5-9-17-15(16)18-11-14(20)19-13-8-6-7-12(4-2)10-13/h6-8,10H,3-5,9,11H2,1-2H3,(H,19,20)(H3,16,17,18). The number of amides is 1. The molecule has 110 valence electrons. The Morgan fingerprint density at radius 1 is 1.35 bits per heavy atom. The summed E-state index contributed by atoms with van der Waals surface area (Å²) >= 11 is 0. The second kappa shape index (κ2) is 8.96. The minimum Gasteiger partial charge on any atom is -0.370 e. The molecule has 0 fully saturated rings. The van der Waals surface area contributed by atoms with Crippen LogP contribution >= 0.6 is 0 Å². The van der Waals surface area contributed by atoms with Crippen molar-refractivity contribution in [2.75, 3.05) is 18.4 Å². The van der Waals surface area contributed by atoms with Crippen LogP contribution in [-0.4, -0.2) is 25.0 Å². The van der Waals surface area contributed by atoms with E-state index in [-0.39, 0.29) is 12.5 Å². The zero-order valence-corrected chi connectivity index (χ0v) is 12.3. The van der Waals surface area contributed by atoms with Crippen molar-refractivity contribution in [1.82, 2.24) is 5.32 Å². The van der Waals surface area contributed by atoms with Crippen molar-refractivity contribution in [1.29, 1.82) is 0 Å². The Morgan fingerprint density at radius 3 is 2.85 bits per heavy atom. The van der Waals surface area contributed by atoms with Crippen LogP contribution in [0, 0.1) is 0 Å². The number of nitrogens with two attached hydrogens (primary N) is 1. The molecule has 1 aromatic carbocycles. The first-order valence-corrected chi connectivity index (χ1v) is 7.08. The fourth-order valence-electron chi connectivity index (χ4n) is 1.68. The van der Waals surface area contributed by atoms with Crippen LogP contribution in [0.15, 0.2) is 29.3 Å². The topological polar surface area (TPSA) is 79.5 Å². The summed E-state index contributed by atoms with van der Waals surface area (Å²) in [5.41, 5.74) is 7.64. The van der Waals surface area contributed by atoms with Gasteiger partial charge in [0.25, 0.3) is 0 Å². The molecule has 0 aliphatic rings. The van der Waals surface area contributed by atoms with E-state index in [1.54, 1.807) is 0 Å². The maximum absolute atomic E-state index is 11.7. The number of unbranched alkanes of at least 4 members (excludes halogenated alkanes) is 1. The second-order valence-corrected chi connectivity index (χ2v) is 4.58. The number of nitrogens with zero attached hydrogens (tertiary/aromatic N) is 1. The number of nitrogens with one attached hydrogen (secondary N) is 2. The van der Waals surface area contributed by atoms with Crippen molar-refractivity contribution < 1.29 is 4.79 Å². The van der Waals surface area contributed by atoms with Gasteiger partial charge in [-0.25, -0.2) is 4.99 Å². The van der Waals surface area contributed by atoms with Gasteiger partial charge in [0.1, 0.15) is 6.54 Å². The van der Waals surface area contributed by atoms with Crippen molar-refractivity contribution in [3.8, 4) is 0 Å². The van der Waals surface area contributed by atoms with E-state index in [0.717, 1.165) is 31.5 Å². The van der Waals surface area contributed by atoms with Gasteiger partial charge in [-0.1, -0.05) is 32.4 Å². The highest BCUT2D eigenvalue weighted by Crippen LogP contribution is 2.10. The monoisotopic (exact) mass is 276 g/mol. The van der Waals surface area contributed by atoms with E-state index in [1.807, 2.05) is 24.3 Å². The van der Waals surface area contributed by atoms with Gasteiger partial charge in [0.15, 0.2) is 5.96 Å². The number of carbonyl (C=O) groups is 1. The van der Waals surface area contributed by atoms with Crippen LogP contribution in [0.2, 0.25) is 0 Å². The molecule has 0 saturated carbocycles. The summed E-state index contributed by atoms with van der Waals surface area (Å²) in [7, 11) is 0. The van der Waals surface area contributed by atoms with Crippen molar-refractivity contribution in [3.05, 3.63) is 29.8 Å². The minimum absolute atomic E-state index is 0.0291. The van der Waals surface area contributed by atoms with Gasteiger partial charge in [-0.3, -0.25) is 4.79 Å². The molecular formula is C15H24N4O. The molecule has 0 aliphatic heterocycles. The number of guanidine groups is 1. The summed E-state index contributed by atoms with van der Waals surface area (Å²) in [5.74, 6) is 0.148. The Bertz CT molecular complexity index is 457. The van der Waals surface area contributed by atoms with E-state index in [1.165, 1.54) is 5.56 Å². The minimum atomic E-state index is -0.168. The molecule has 0 bridgehead atoms.